The van der Waals surface area contributed by atoms with Crippen molar-refractivity contribution in [3.63, 3.8) is 0 Å². The highest BCUT2D eigenvalue weighted by molar-refractivity contribution is 5.92. The fourth-order valence-electron chi connectivity index (χ4n) is 1.77. The Balaban J connectivity index is 2.17. The van der Waals surface area contributed by atoms with Gasteiger partial charge in [0.25, 0.3) is 5.91 Å². The SMILES string of the molecule is Cc1nccc(C(=O)N(CCC#N)Cc2ccco2)n1. The predicted octanol–water partition coefficient (Wildman–Crippen LogP) is 1.93. The van der Waals surface area contributed by atoms with Gasteiger partial charge in [-0.15, -0.1) is 0 Å². The fraction of sp³-hybridized carbons (Fsp3) is 0.286. The van der Waals surface area contributed by atoms with Crippen molar-refractivity contribution in [2.24, 2.45) is 0 Å². The molecule has 0 aliphatic carbocycles. The van der Waals surface area contributed by atoms with Crippen LogP contribution in [0.4, 0.5) is 0 Å². The Morgan fingerprint density at radius 3 is 3.00 bits per heavy atom. The molecule has 2 heterocycles. The molecule has 102 valence electrons. The Morgan fingerprint density at radius 1 is 1.50 bits per heavy atom. The normalized spacial score (nSPS) is 10.0. The van der Waals surface area contributed by atoms with Crippen LogP contribution in [-0.4, -0.2) is 27.3 Å². The van der Waals surface area contributed by atoms with E-state index in [9.17, 15) is 4.79 Å². The van der Waals surface area contributed by atoms with Crippen LogP contribution < -0.4 is 0 Å². The maximum atomic E-state index is 12.4. The summed E-state index contributed by atoms with van der Waals surface area (Å²) in [7, 11) is 0. The second kappa shape index (κ2) is 6.48. The molecule has 1 amide bonds. The summed E-state index contributed by atoms with van der Waals surface area (Å²) in [6.45, 7) is 2.37. The van der Waals surface area contributed by atoms with Crippen molar-refractivity contribution < 1.29 is 9.21 Å². The number of aryl methyl sites for hydroxylation is 1. The van der Waals surface area contributed by atoms with Crippen LogP contribution in [0.1, 0.15) is 28.5 Å². The van der Waals surface area contributed by atoms with Gasteiger partial charge in [-0.3, -0.25) is 4.79 Å². The lowest BCUT2D eigenvalue weighted by molar-refractivity contribution is 0.0729. The molecule has 20 heavy (non-hydrogen) atoms. The molecule has 2 aromatic heterocycles. The Hall–Kier alpha value is -2.68. The van der Waals surface area contributed by atoms with Gasteiger partial charge in [0.1, 0.15) is 17.3 Å². The predicted molar refractivity (Wildman–Crippen MR) is 70.4 cm³/mol. The molecule has 0 spiro atoms. The summed E-state index contributed by atoms with van der Waals surface area (Å²) in [6.07, 6.45) is 3.36. The standard InChI is InChI=1S/C14H14N4O2/c1-11-16-7-5-13(17-11)14(19)18(8-3-6-15)10-12-4-2-9-20-12/h2,4-5,7,9H,3,8,10H2,1H3. The van der Waals surface area contributed by atoms with Gasteiger partial charge in [0.2, 0.25) is 0 Å². The minimum absolute atomic E-state index is 0.234. The van der Waals surface area contributed by atoms with Crippen LogP contribution in [-0.2, 0) is 6.54 Å². The number of nitriles is 1. The topological polar surface area (TPSA) is 83.0 Å². The number of hydrogen-bond acceptors (Lipinski definition) is 5. The van der Waals surface area contributed by atoms with Crippen molar-refractivity contribution >= 4 is 5.91 Å². The van der Waals surface area contributed by atoms with Crippen LogP contribution in [0.2, 0.25) is 0 Å². The molecule has 0 N–H and O–H groups in total. The number of hydrogen-bond donors (Lipinski definition) is 0. The first kappa shape index (κ1) is 13.7. The lowest BCUT2D eigenvalue weighted by Crippen LogP contribution is -2.32. The number of furan rings is 1. The molecule has 0 atom stereocenters. The van der Waals surface area contributed by atoms with Crippen LogP contribution in [0.5, 0.6) is 0 Å². The summed E-state index contributed by atoms with van der Waals surface area (Å²) in [4.78, 5) is 22.0. The minimum Gasteiger partial charge on any atom is -0.467 e. The molecule has 0 saturated heterocycles. The van der Waals surface area contributed by atoms with E-state index in [0.717, 1.165) is 0 Å². The number of carbonyl (C=O) groups excluding carboxylic acids is 1. The zero-order chi connectivity index (χ0) is 14.4. The molecule has 0 aliphatic heterocycles. The molecule has 0 fully saturated rings. The van der Waals surface area contributed by atoms with Crippen molar-refractivity contribution in [3.05, 3.63) is 47.9 Å². The number of nitrogens with zero attached hydrogens (tertiary/aromatic N) is 4. The van der Waals surface area contributed by atoms with Crippen molar-refractivity contribution in [3.8, 4) is 6.07 Å². The maximum absolute atomic E-state index is 12.4. The van der Waals surface area contributed by atoms with Crippen molar-refractivity contribution in [1.82, 2.24) is 14.9 Å². The van der Waals surface area contributed by atoms with Crippen LogP contribution >= 0.6 is 0 Å². The van der Waals surface area contributed by atoms with Gasteiger partial charge in [-0.2, -0.15) is 5.26 Å². The molecule has 0 aliphatic rings. The van der Waals surface area contributed by atoms with Crippen molar-refractivity contribution in [2.75, 3.05) is 6.54 Å². The summed E-state index contributed by atoms with van der Waals surface area (Å²) in [5.74, 6) is 0.971. The Bertz CT molecular complexity index is 616. The largest absolute Gasteiger partial charge is 0.467 e. The second-order valence-electron chi connectivity index (χ2n) is 4.20. The van der Waals surface area contributed by atoms with E-state index in [1.807, 2.05) is 6.07 Å². The highest BCUT2D eigenvalue weighted by atomic mass is 16.3. The quantitative estimate of drug-likeness (QED) is 0.829. The molecule has 2 aromatic rings. The van der Waals surface area contributed by atoms with Crippen LogP contribution in [0.3, 0.4) is 0 Å². The second-order valence-corrected chi connectivity index (χ2v) is 4.20. The third-order valence-corrected chi connectivity index (χ3v) is 2.70. The highest BCUT2D eigenvalue weighted by Gasteiger charge is 2.18. The Morgan fingerprint density at radius 2 is 2.35 bits per heavy atom. The van der Waals surface area contributed by atoms with Crippen molar-refractivity contribution in [1.29, 1.82) is 5.26 Å². The van der Waals surface area contributed by atoms with E-state index in [1.54, 1.807) is 42.5 Å². The highest BCUT2D eigenvalue weighted by Crippen LogP contribution is 2.10. The molecular formula is C14H14N4O2. The van der Waals surface area contributed by atoms with Gasteiger partial charge in [0.05, 0.1) is 25.3 Å². The number of aromatic nitrogens is 2. The third kappa shape index (κ3) is 3.42. The average molecular weight is 270 g/mol. The zero-order valence-corrected chi connectivity index (χ0v) is 11.1. The molecular weight excluding hydrogens is 256 g/mol. The van der Waals surface area contributed by atoms with Gasteiger partial charge in [-0.05, 0) is 25.1 Å². The molecule has 6 heteroatoms. The maximum Gasteiger partial charge on any atom is 0.273 e. The van der Waals surface area contributed by atoms with E-state index in [4.69, 9.17) is 9.68 Å². The number of carbonyl (C=O) groups is 1. The fourth-order valence-corrected chi connectivity index (χ4v) is 1.77. The molecule has 0 bridgehead atoms. The molecule has 0 unspecified atom stereocenters. The van der Waals surface area contributed by atoms with E-state index >= 15 is 0 Å². The molecule has 2 rings (SSSR count). The molecule has 6 nitrogen and oxygen atoms in total. The summed E-state index contributed by atoms with van der Waals surface area (Å²) >= 11 is 0. The zero-order valence-electron chi connectivity index (χ0n) is 11.1. The van der Waals surface area contributed by atoms with Gasteiger partial charge >= 0.3 is 0 Å². The lowest BCUT2D eigenvalue weighted by Gasteiger charge is -2.20. The van der Waals surface area contributed by atoms with Gasteiger partial charge in [-0.1, -0.05) is 0 Å². The van der Waals surface area contributed by atoms with Gasteiger partial charge in [0, 0.05) is 12.7 Å². The molecule has 0 aromatic carbocycles. The van der Waals surface area contributed by atoms with Crippen LogP contribution in [0, 0.1) is 18.3 Å². The van der Waals surface area contributed by atoms with Gasteiger partial charge in [-0.25, -0.2) is 9.97 Å². The van der Waals surface area contributed by atoms with Crippen LogP contribution in [0.25, 0.3) is 0 Å². The first-order chi connectivity index (χ1) is 9.70. The first-order valence-corrected chi connectivity index (χ1v) is 6.19. The molecule has 0 saturated carbocycles. The number of rotatable bonds is 5. The van der Waals surface area contributed by atoms with E-state index in [0.29, 0.717) is 30.4 Å². The summed E-state index contributed by atoms with van der Waals surface area (Å²) < 4.78 is 5.24. The first-order valence-electron chi connectivity index (χ1n) is 6.19. The van der Waals surface area contributed by atoms with E-state index in [-0.39, 0.29) is 12.3 Å². The third-order valence-electron chi connectivity index (χ3n) is 2.70. The Labute approximate surface area is 116 Å². The lowest BCUT2D eigenvalue weighted by atomic mass is 10.3. The minimum atomic E-state index is -0.234. The average Bonchev–Trinajstić information content (AvgIpc) is 2.95. The van der Waals surface area contributed by atoms with E-state index in [2.05, 4.69) is 9.97 Å². The van der Waals surface area contributed by atoms with Crippen LogP contribution in [0.15, 0.2) is 35.1 Å². The summed E-state index contributed by atoms with van der Waals surface area (Å²) in [6, 6.07) is 7.16. The van der Waals surface area contributed by atoms with Gasteiger partial charge in [0.15, 0.2) is 0 Å². The number of amides is 1. The van der Waals surface area contributed by atoms with E-state index in [1.165, 1.54) is 0 Å². The molecule has 0 radical (unpaired) electrons. The monoisotopic (exact) mass is 270 g/mol. The summed E-state index contributed by atoms with van der Waals surface area (Å²) in [5, 5.41) is 8.70. The van der Waals surface area contributed by atoms with Gasteiger partial charge < -0.3 is 9.32 Å². The summed E-state index contributed by atoms with van der Waals surface area (Å²) in [5.41, 5.74) is 0.321. The Kier molecular flexibility index (Phi) is 4.45. The van der Waals surface area contributed by atoms with Crippen molar-refractivity contribution in [2.45, 2.75) is 19.9 Å². The van der Waals surface area contributed by atoms with E-state index < -0.39 is 0 Å². The smallest absolute Gasteiger partial charge is 0.273 e.